The van der Waals surface area contributed by atoms with Crippen LogP contribution >= 0.6 is 0 Å². The minimum atomic E-state index is 0.250. The Hall–Kier alpha value is -3.68. The summed E-state index contributed by atoms with van der Waals surface area (Å²) in [6.45, 7) is 3.06. The van der Waals surface area contributed by atoms with Crippen LogP contribution in [-0.4, -0.2) is 63.7 Å². The second-order valence-corrected chi connectivity index (χ2v) is 8.78. The highest BCUT2D eigenvalue weighted by Gasteiger charge is 2.34. The number of hydrogen-bond donors (Lipinski definition) is 0. The molecular formula is C25H26N6O2. The molecule has 0 bridgehead atoms. The molecule has 0 N–H and O–H groups in total. The van der Waals surface area contributed by atoms with E-state index in [1.54, 1.807) is 7.11 Å². The molecule has 0 unspecified atom stereocenters. The van der Waals surface area contributed by atoms with E-state index < -0.39 is 0 Å². The first-order valence-electron chi connectivity index (χ1n) is 11.5. The molecule has 8 nitrogen and oxygen atoms in total. The van der Waals surface area contributed by atoms with Crippen molar-refractivity contribution in [2.75, 3.05) is 38.2 Å². The summed E-state index contributed by atoms with van der Waals surface area (Å²) in [4.78, 5) is 22.0. The van der Waals surface area contributed by atoms with Gasteiger partial charge in [0, 0.05) is 43.0 Å². The van der Waals surface area contributed by atoms with Crippen LogP contribution in [0.4, 0.5) is 5.95 Å². The molecule has 1 aliphatic heterocycles. The SMILES string of the molecule is COc1cccc(-c2nnc3c4ccccc4nc(N4CCCN(C(=O)C5CC5)CC4)n23)c1. The number of anilines is 1. The van der Waals surface area contributed by atoms with Crippen LogP contribution in [-0.2, 0) is 4.79 Å². The number of nitrogens with zero attached hydrogens (tertiary/aromatic N) is 6. The van der Waals surface area contributed by atoms with Crippen molar-refractivity contribution >= 4 is 28.4 Å². The lowest BCUT2D eigenvalue weighted by Gasteiger charge is -2.24. The summed E-state index contributed by atoms with van der Waals surface area (Å²) in [5.41, 5.74) is 2.59. The Balaban J connectivity index is 1.47. The van der Waals surface area contributed by atoms with Crippen molar-refractivity contribution < 1.29 is 9.53 Å². The van der Waals surface area contributed by atoms with Gasteiger partial charge in [-0.15, -0.1) is 10.2 Å². The number of fused-ring (bicyclic) bond motifs is 3. The zero-order valence-corrected chi connectivity index (χ0v) is 18.6. The molecule has 0 spiro atoms. The second-order valence-electron chi connectivity index (χ2n) is 8.78. The molecule has 2 aliphatic rings. The molecule has 1 saturated heterocycles. The van der Waals surface area contributed by atoms with Gasteiger partial charge in [-0.3, -0.25) is 4.79 Å². The minimum absolute atomic E-state index is 0.250. The number of benzene rings is 2. The topological polar surface area (TPSA) is 75.9 Å². The lowest BCUT2D eigenvalue weighted by molar-refractivity contribution is -0.132. The fraction of sp³-hybridized carbons (Fsp3) is 0.360. The molecule has 0 radical (unpaired) electrons. The van der Waals surface area contributed by atoms with Gasteiger partial charge in [0.2, 0.25) is 11.9 Å². The number of para-hydroxylation sites is 1. The van der Waals surface area contributed by atoms with Crippen LogP contribution in [0.3, 0.4) is 0 Å². The van der Waals surface area contributed by atoms with Crippen molar-refractivity contribution in [3.63, 3.8) is 0 Å². The summed E-state index contributed by atoms with van der Waals surface area (Å²) in [6, 6.07) is 15.9. The number of amides is 1. The molecule has 1 aliphatic carbocycles. The molecule has 1 amide bonds. The first-order valence-corrected chi connectivity index (χ1v) is 11.5. The van der Waals surface area contributed by atoms with Crippen LogP contribution in [0.1, 0.15) is 19.3 Å². The Morgan fingerprint density at radius 2 is 1.88 bits per heavy atom. The van der Waals surface area contributed by atoms with Crippen molar-refractivity contribution in [3.8, 4) is 17.1 Å². The van der Waals surface area contributed by atoms with Gasteiger partial charge in [-0.1, -0.05) is 24.3 Å². The average Bonchev–Trinajstić information content (AvgIpc) is 3.65. The molecule has 2 aromatic carbocycles. The predicted molar refractivity (Wildman–Crippen MR) is 126 cm³/mol. The maximum absolute atomic E-state index is 12.7. The van der Waals surface area contributed by atoms with E-state index in [4.69, 9.17) is 9.72 Å². The van der Waals surface area contributed by atoms with Gasteiger partial charge in [0.15, 0.2) is 11.5 Å². The Labute approximate surface area is 191 Å². The number of ether oxygens (including phenoxy) is 1. The third-order valence-electron chi connectivity index (χ3n) is 6.57. The molecule has 4 aromatic rings. The van der Waals surface area contributed by atoms with Crippen LogP contribution in [0.15, 0.2) is 48.5 Å². The van der Waals surface area contributed by atoms with Gasteiger partial charge in [-0.05, 0) is 43.5 Å². The zero-order chi connectivity index (χ0) is 22.4. The van der Waals surface area contributed by atoms with E-state index >= 15 is 0 Å². The van der Waals surface area contributed by atoms with E-state index in [-0.39, 0.29) is 5.92 Å². The van der Waals surface area contributed by atoms with Gasteiger partial charge >= 0.3 is 0 Å². The third kappa shape index (κ3) is 3.55. The summed E-state index contributed by atoms with van der Waals surface area (Å²) >= 11 is 0. The number of rotatable bonds is 4. The van der Waals surface area contributed by atoms with Crippen LogP contribution in [0, 0.1) is 5.92 Å². The molecule has 6 rings (SSSR count). The molecule has 2 aromatic heterocycles. The van der Waals surface area contributed by atoms with E-state index in [9.17, 15) is 4.79 Å². The standard InChI is InChI=1S/C25H26N6O2/c1-33-19-7-4-6-18(16-19)22-27-28-23-20-8-2-3-9-21(20)26-25(31(22)23)30-13-5-12-29(14-15-30)24(32)17-10-11-17/h2-4,6-9,16-17H,5,10-15H2,1H3. The van der Waals surface area contributed by atoms with Crippen molar-refractivity contribution in [2.45, 2.75) is 19.3 Å². The van der Waals surface area contributed by atoms with E-state index in [0.29, 0.717) is 12.5 Å². The van der Waals surface area contributed by atoms with Crippen molar-refractivity contribution in [3.05, 3.63) is 48.5 Å². The highest BCUT2D eigenvalue weighted by Crippen LogP contribution is 2.32. The summed E-state index contributed by atoms with van der Waals surface area (Å²) in [6.07, 6.45) is 2.98. The van der Waals surface area contributed by atoms with Gasteiger partial charge in [-0.25, -0.2) is 9.38 Å². The Morgan fingerprint density at radius 1 is 1.00 bits per heavy atom. The largest absolute Gasteiger partial charge is 0.497 e. The highest BCUT2D eigenvalue weighted by molar-refractivity contribution is 5.93. The quantitative estimate of drug-likeness (QED) is 0.482. The predicted octanol–water partition coefficient (Wildman–Crippen LogP) is 3.40. The van der Waals surface area contributed by atoms with Crippen LogP contribution in [0.5, 0.6) is 5.75 Å². The van der Waals surface area contributed by atoms with E-state index in [1.807, 2.05) is 53.4 Å². The van der Waals surface area contributed by atoms with E-state index in [2.05, 4.69) is 19.5 Å². The normalized spacial score (nSPS) is 16.9. The molecule has 8 heteroatoms. The molecule has 1 saturated carbocycles. The van der Waals surface area contributed by atoms with Gasteiger partial charge in [0.1, 0.15) is 5.75 Å². The lowest BCUT2D eigenvalue weighted by atomic mass is 10.2. The number of carbonyl (C=O) groups excluding carboxylic acids is 1. The van der Waals surface area contributed by atoms with E-state index in [0.717, 1.165) is 78.5 Å². The summed E-state index contributed by atoms with van der Waals surface area (Å²) in [5, 5.41) is 10.1. The molecular weight excluding hydrogens is 416 g/mol. The molecule has 3 heterocycles. The van der Waals surface area contributed by atoms with Crippen molar-refractivity contribution in [2.24, 2.45) is 5.92 Å². The summed E-state index contributed by atoms with van der Waals surface area (Å²) < 4.78 is 7.49. The van der Waals surface area contributed by atoms with Gasteiger partial charge in [-0.2, -0.15) is 0 Å². The smallest absolute Gasteiger partial charge is 0.225 e. The first kappa shape index (κ1) is 20.0. The van der Waals surface area contributed by atoms with Crippen LogP contribution in [0.25, 0.3) is 27.9 Å². The Bertz CT molecular complexity index is 1350. The maximum Gasteiger partial charge on any atom is 0.225 e. The monoisotopic (exact) mass is 442 g/mol. The second kappa shape index (κ2) is 8.03. The lowest BCUT2D eigenvalue weighted by Crippen LogP contribution is -2.36. The van der Waals surface area contributed by atoms with Crippen molar-refractivity contribution in [1.82, 2.24) is 24.5 Å². The number of carbonyl (C=O) groups is 1. The highest BCUT2D eigenvalue weighted by atomic mass is 16.5. The summed E-state index contributed by atoms with van der Waals surface area (Å²) in [7, 11) is 1.66. The third-order valence-corrected chi connectivity index (χ3v) is 6.57. The maximum atomic E-state index is 12.7. The minimum Gasteiger partial charge on any atom is -0.497 e. The van der Waals surface area contributed by atoms with Crippen LogP contribution < -0.4 is 9.64 Å². The number of methoxy groups -OCH3 is 1. The number of aromatic nitrogens is 4. The Kier molecular flexibility index (Phi) is 4.86. The summed E-state index contributed by atoms with van der Waals surface area (Å²) in [5.74, 6) is 2.87. The van der Waals surface area contributed by atoms with Gasteiger partial charge < -0.3 is 14.5 Å². The molecule has 2 fully saturated rings. The van der Waals surface area contributed by atoms with E-state index in [1.165, 1.54) is 0 Å². The van der Waals surface area contributed by atoms with Gasteiger partial charge in [0.05, 0.1) is 12.6 Å². The Morgan fingerprint density at radius 3 is 2.73 bits per heavy atom. The first-order chi connectivity index (χ1) is 16.2. The van der Waals surface area contributed by atoms with Crippen LogP contribution in [0.2, 0.25) is 0 Å². The number of hydrogen-bond acceptors (Lipinski definition) is 6. The zero-order valence-electron chi connectivity index (χ0n) is 18.6. The fourth-order valence-corrected chi connectivity index (χ4v) is 4.65. The van der Waals surface area contributed by atoms with Crippen molar-refractivity contribution in [1.29, 1.82) is 0 Å². The molecule has 33 heavy (non-hydrogen) atoms. The molecule has 0 atom stereocenters. The average molecular weight is 443 g/mol. The van der Waals surface area contributed by atoms with Gasteiger partial charge in [0.25, 0.3) is 0 Å². The fourth-order valence-electron chi connectivity index (χ4n) is 4.65. The molecule has 168 valence electrons.